The van der Waals surface area contributed by atoms with Gasteiger partial charge >= 0.3 is 0 Å². The molecule has 0 saturated carbocycles. The number of methoxy groups -OCH3 is 1. The molecular weight excluding hydrogens is 284 g/mol. The first-order valence-corrected chi connectivity index (χ1v) is 8.10. The molecule has 2 rings (SSSR count). The van der Waals surface area contributed by atoms with Crippen molar-refractivity contribution in [2.75, 3.05) is 20.3 Å². The van der Waals surface area contributed by atoms with E-state index in [9.17, 15) is 0 Å². The highest BCUT2D eigenvalue weighted by Crippen LogP contribution is 2.22. The van der Waals surface area contributed by atoms with Gasteiger partial charge in [0, 0.05) is 31.6 Å². The minimum atomic E-state index is 0.742. The second-order valence-electron chi connectivity index (χ2n) is 4.59. The van der Waals surface area contributed by atoms with E-state index in [-0.39, 0.29) is 0 Å². The summed E-state index contributed by atoms with van der Waals surface area (Å²) in [5, 5.41) is 7.52. The fourth-order valence-electron chi connectivity index (χ4n) is 1.92. The molecule has 2 aromatic rings. The van der Waals surface area contributed by atoms with Crippen molar-refractivity contribution in [1.29, 1.82) is 0 Å². The van der Waals surface area contributed by atoms with E-state index in [2.05, 4.69) is 46.6 Å². The zero-order valence-electron chi connectivity index (χ0n) is 12.6. The number of aryl methyl sites for hydroxylation is 1. The molecule has 114 valence electrons. The normalized spacial score (nSPS) is 11.0. The number of ether oxygens (including phenoxy) is 1. The number of aromatic nitrogens is 3. The van der Waals surface area contributed by atoms with Gasteiger partial charge in [0.2, 0.25) is 0 Å². The molecule has 0 unspecified atom stereocenters. The van der Waals surface area contributed by atoms with E-state index < -0.39 is 0 Å². The van der Waals surface area contributed by atoms with Gasteiger partial charge in [-0.25, -0.2) is 9.67 Å². The average molecular weight is 306 g/mol. The summed E-state index contributed by atoms with van der Waals surface area (Å²) < 4.78 is 6.94. The maximum Gasteiger partial charge on any atom is 0.138 e. The first-order chi connectivity index (χ1) is 10.3. The van der Waals surface area contributed by atoms with Crippen molar-refractivity contribution in [3.8, 4) is 0 Å². The number of nitrogens with zero attached hydrogens (tertiary/aromatic N) is 3. The van der Waals surface area contributed by atoms with Gasteiger partial charge in [0.05, 0.1) is 12.4 Å². The van der Waals surface area contributed by atoms with Crippen LogP contribution >= 0.6 is 11.8 Å². The van der Waals surface area contributed by atoms with Crippen molar-refractivity contribution in [2.45, 2.75) is 30.7 Å². The molecule has 1 aromatic heterocycles. The lowest BCUT2D eigenvalue weighted by molar-refractivity contribution is 0.199. The lowest BCUT2D eigenvalue weighted by Gasteiger charge is -2.06. The molecule has 0 aliphatic carbocycles. The van der Waals surface area contributed by atoms with Crippen molar-refractivity contribution < 1.29 is 4.74 Å². The fourth-order valence-corrected chi connectivity index (χ4v) is 2.77. The van der Waals surface area contributed by atoms with E-state index in [1.807, 2.05) is 4.68 Å². The number of hydrogen-bond acceptors (Lipinski definition) is 5. The molecule has 0 bridgehead atoms. The molecule has 1 heterocycles. The average Bonchev–Trinajstić information content (AvgIpc) is 2.98. The number of hydrogen-bond donors (Lipinski definition) is 1. The summed E-state index contributed by atoms with van der Waals surface area (Å²) in [6, 6.07) is 8.63. The lowest BCUT2D eigenvalue weighted by atomic mass is 10.2. The van der Waals surface area contributed by atoms with Crippen LogP contribution in [0.1, 0.15) is 18.3 Å². The predicted octanol–water partition coefficient (Wildman–Crippen LogP) is 2.33. The van der Waals surface area contributed by atoms with Gasteiger partial charge in [0.25, 0.3) is 0 Å². The van der Waals surface area contributed by atoms with E-state index >= 15 is 0 Å². The van der Waals surface area contributed by atoms with E-state index in [0.29, 0.717) is 0 Å². The Morgan fingerprint density at radius 3 is 2.81 bits per heavy atom. The SMILES string of the molecule is CCn1ncnc1CSc1ccc(CNCCOC)cc1. The molecule has 21 heavy (non-hydrogen) atoms. The topological polar surface area (TPSA) is 52.0 Å². The molecule has 0 aliphatic heterocycles. The molecule has 0 saturated heterocycles. The highest BCUT2D eigenvalue weighted by Gasteiger charge is 2.03. The van der Waals surface area contributed by atoms with Gasteiger partial charge in [-0.1, -0.05) is 12.1 Å². The third-order valence-corrected chi connectivity index (χ3v) is 4.11. The Labute approximate surface area is 130 Å². The van der Waals surface area contributed by atoms with Gasteiger partial charge in [-0.15, -0.1) is 11.8 Å². The highest BCUT2D eigenvalue weighted by molar-refractivity contribution is 7.98. The van der Waals surface area contributed by atoms with Gasteiger partial charge in [-0.3, -0.25) is 0 Å². The molecule has 0 atom stereocenters. The maximum atomic E-state index is 5.01. The first kappa shape index (κ1) is 16.0. The van der Waals surface area contributed by atoms with Crippen LogP contribution in [0.5, 0.6) is 0 Å². The second kappa shape index (κ2) is 8.81. The van der Waals surface area contributed by atoms with E-state index in [1.165, 1.54) is 10.5 Å². The molecule has 1 aromatic carbocycles. The molecular formula is C15H22N4OS. The second-order valence-corrected chi connectivity index (χ2v) is 5.64. The van der Waals surface area contributed by atoms with Crippen LogP contribution in [0.2, 0.25) is 0 Å². The Morgan fingerprint density at radius 2 is 2.10 bits per heavy atom. The first-order valence-electron chi connectivity index (χ1n) is 7.11. The summed E-state index contributed by atoms with van der Waals surface area (Å²) in [4.78, 5) is 5.54. The van der Waals surface area contributed by atoms with Crippen molar-refractivity contribution in [2.24, 2.45) is 0 Å². The van der Waals surface area contributed by atoms with Crippen LogP contribution in [-0.2, 0) is 23.6 Å². The zero-order chi connectivity index (χ0) is 14.9. The van der Waals surface area contributed by atoms with E-state index in [4.69, 9.17) is 4.74 Å². The molecule has 1 N–H and O–H groups in total. The Balaban J connectivity index is 1.79. The standard InChI is InChI=1S/C15H22N4OS/c1-3-19-15(17-12-18-19)11-21-14-6-4-13(5-7-14)10-16-8-9-20-2/h4-7,12,16H,3,8-11H2,1-2H3. The van der Waals surface area contributed by atoms with Crippen molar-refractivity contribution in [3.63, 3.8) is 0 Å². The smallest absolute Gasteiger partial charge is 0.138 e. The molecule has 0 fully saturated rings. The molecule has 5 nitrogen and oxygen atoms in total. The number of nitrogens with one attached hydrogen (secondary N) is 1. The minimum Gasteiger partial charge on any atom is -0.383 e. The van der Waals surface area contributed by atoms with E-state index in [1.54, 1.807) is 25.2 Å². The number of thioether (sulfide) groups is 1. The van der Waals surface area contributed by atoms with Crippen LogP contribution in [-0.4, -0.2) is 35.0 Å². The maximum absolute atomic E-state index is 5.01. The van der Waals surface area contributed by atoms with Crippen LogP contribution in [0.3, 0.4) is 0 Å². The lowest BCUT2D eigenvalue weighted by Crippen LogP contribution is -2.18. The van der Waals surface area contributed by atoms with Crippen LogP contribution < -0.4 is 5.32 Å². The van der Waals surface area contributed by atoms with Gasteiger partial charge in [0.15, 0.2) is 0 Å². The Morgan fingerprint density at radius 1 is 1.29 bits per heavy atom. The third kappa shape index (κ3) is 5.15. The zero-order valence-corrected chi connectivity index (χ0v) is 13.4. The number of benzene rings is 1. The van der Waals surface area contributed by atoms with Crippen LogP contribution in [0.25, 0.3) is 0 Å². The summed E-state index contributed by atoms with van der Waals surface area (Å²) in [6.07, 6.45) is 1.62. The number of rotatable bonds is 9. The van der Waals surface area contributed by atoms with Gasteiger partial charge < -0.3 is 10.1 Å². The molecule has 0 amide bonds. The molecule has 6 heteroatoms. The van der Waals surface area contributed by atoms with Crippen LogP contribution in [0, 0.1) is 0 Å². The van der Waals surface area contributed by atoms with Gasteiger partial charge in [-0.05, 0) is 24.6 Å². The van der Waals surface area contributed by atoms with Crippen molar-refractivity contribution in [3.05, 3.63) is 42.0 Å². The molecule has 0 spiro atoms. The van der Waals surface area contributed by atoms with Crippen molar-refractivity contribution in [1.82, 2.24) is 20.1 Å². The third-order valence-electron chi connectivity index (χ3n) is 3.10. The van der Waals surface area contributed by atoms with Gasteiger partial charge in [-0.2, -0.15) is 5.10 Å². The summed E-state index contributed by atoms with van der Waals surface area (Å²) in [7, 11) is 1.72. The molecule has 0 aliphatic rings. The Hall–Kier alpha value is -1.37. The Bertz CT molecular complexity index is 527. The van der Waals surface area contributed by atoms with E-state index in [0.717, 1.165) is 37.8 Å². The highest BCUT2D eigenvalue weighted by atomic mass is 32.2. The summed E-state index contributed by atoms with van der Waals surface area (Å²) >= 11 is 1.78. The monoisotopic (exact) mass is 306 g/mol. The summed E-state index contributed by atoms with van der Waals surface area (Å²) in [5.74, 6) is 1.87. The van der Waals surface area contributed by atoms with Gasteiger partial charge in [0.1, 0.15) is 12.2 Å². The van der Waals surface area contributed by atoms with Crippen LogP contribution in [0.15, 0.2) is 35.5 Å². The largest absolute Gasteiger partial charge is 0.383 e. The Kier molecular flexibility index (Phi) is 6.72. The van der Waals surface area contributed by atoms with Crippen molar-refractivity contribution >= 4 is 11.8 Å². The summed E-state index contributed by atoms with van der Waals surface area (Å²) in [5.41, 5.74) is 1.28. The predicted molar refractivity (Wildman–Crippen MR) is 85.3 cm³/mol. The minimum absolute atomic E-state index is 0.742. The quantitative estimate of drug-likeness (QED) is 0.569. The van der Waals surface area contributed by atoms with Crippen LogP contribution in [0.4, 0.5) is 0 Å². The fraction of sp³-hybridized carbons (Fsp3) is 0.467. The molecule has 0 radical (unpaired) electrons. The summed E-state index contributed by atoms with van der Waals surface area (Å²) in [6.45, 7) is 5.43.